The number of carbonyl (C=O) groups excluding carboxylic acids is 2. The van der Waals surface area contributed by atoms with Crippen molar-refractivity contribution < 1.29 is 18.7 Å². The number of piperidine rings is 1. The minimum absolute atomic E-state index is 0.0548. The first kappa shape index (κ1) is 22.6. The van der Waals surface area contributed by atoms with Crippen LogP contribution >= 0.6 is 0 Å². The molecule has 0 radical (unpaired) electrons. The minimum atomic E-state index is -0.431. The van der Waals surface area contributed by atoms with Crippen LogP contribution in [0.3, 0.4) is 0 Å². The lowest BCUT2D eigenvalue weighted by Gasteiger charge is -2.32. The maximum Gasteiger partial charge on any atom is 0.339 e. The van der Waals surface area contributed by atoms with Gasteiger partial charge in [-0.2, -0.15) is 0 Å². The van der Waals surface area contributed by atoms with Crippen molar-refractivity contribution in [2.24, 2.45) is 5.92 Å². The molecule has 1 aromatic heterocycles. The third-order valence-electron chi connectivity index (χ3n) is 6.27. The molecule has 2 heterocycles. The number of anilines is 1. The van der Waals surface area contributed by atoms with Crippen molar-refractivity contribution in [2.45, 2.75) is 32.6 Å². The molecule has 1 atom stereocenters. The van der Waals surface area contributed by atoms with E-state index in [0.717, 1.165) is 29.5 Å². The second-order valence-electron chi connectivity index (χ2n) is 8.39. The molecule has 1 fully saturated rings. The van der Waals surface area contributed by atoms with Crippen LogP contribution < -0.4 is 15.7 Å². The van der Waals surface area contributed by atoms with Crippen molar-refractivity contribution in [1.29, 1.82) is 0 Å². The van der Waals surface area contributed by atoms with Crippen LogP contribution in [0.5, 0.6) is 5.75 Å². The summed E-state index contributed by atoms with van der Waals surface area (Å²) >= 11 is 0. The van der Waals surface area contributed by atoms with Gasteiger partial charge in [-0.25, -0.2) is 4.79 Å². The van der Waals surface area contributed by atoms with Crippen molar-refractivity contribution in [1.82, 2.24) is 4.90 Å². The summed E-state index contributed by atoms with van der Waals surface area (Å²) in [6, 6.07) is 14.7. The Morgan fingerprint density at radius 1 is 1.18 bits per heavy atom. The molecule has 1 N–H and O–H groups in total. The predicted octanol–water partition coefficient (Wildman–Crippen LogP) is 3.92. The molecule has 1 aliphatic heterocycles. The van der Waals surface area contributed by atoms with Gasteiger partial charge in [-0.05, 0) is 56.0 Å². The first-order valence-electron chi connectivity index (χ1n) is 11.2. The summed E-state index contributed by atoms with van der Waals surface area (Å²) in [4.78, 5) is 39.9. The highest BCUT2D eigenvalue weighted by atomic mass is 16.5. The fourth-order valence-corrected chi connectivity index (χ4v) is 4.36. The Kier molecular flexibility index (Phi) is 6.77. The molecule has 7 nitrogen and oxygen atoms in total. The highest BCUT2D eigenvalue weighted by Crippen LogP contribution is 2.25. The molecule has 0 spiro atoms. The molecule has 0 bridgehead atoms. The molecular formula is C26H28N2O5. The number of methoxy groups -OCH3 is 1. The monoisotopic (exact) mass is 448 g/mol. The molecule has 2 aromatic carbocycles. The number of benzene rings is 2. The van der Waals surface area contributed by atoms with Crippen molar-refractivity contribution in [3.05, 3.63) is 70.1 Å². The number of carbonyl (C=O) groups is 2. The second kappa shape index (κ2) is 9.90. The molecule has 33 heavy (non-hydrogen) atoms. The van der Waals surface area contributed by atoms with Crippen LogP contribution in [0.15, 0.2) is 57.7 Å². The highest BCUT2D eigenvalue weighted by molar-refractivity contribution is 5.93. The van der Waals surface area contributed by atoms with E-state index in [4.69, 9.17) is 9.15 Å². The number of aryl methyl sites for hydroxylation is 1. The van der Waals surface area contributed by atoms with Gasteiger partial charge in [-0.15, -0.1) is 0 Å². The summed E-state index contributed by atoms with van der Waals surface area (Å²) in [7, 11) is 1.56. The molecule has 2 amide bonds. The van der Waals surface area contributed by atoms with E-state index in [-0.39, 0.29) is 24.2 Å². The van der Waals surface area contributed by atoms with Crippen LogP contribution in [0.25, 0.3) is 11.0 Å². The molecule has 3 aromatic rings. The van der Waals surface area contributed by atoms with E-state index < -0.39 is 5.63 Å². The largest absolute Gasteiger partial charge is 0.497 e. The third-order valence-corrected chi connectivity index (χ3v) is 6.27. The van der Waals surface area contributed by atoms with Crippen LogP contribution in [-0.2, 0) is 16.0 Å². The lowest BCUT2D eigenvalue weighted by molar-refractivity contribution is -0.134. The Morgan fingerprint density at radius 2 is 1.97 bits per heavy atom. The van der Waals surface area contributed by atoms with Gasteiger partial charge in [0.25, 0.3) is 0 Å². The molecular weight excluding hydrogens is 420 g/mol. The van der Waals surface area contributed by atoms with E-state index in [1.807, 2.05) is 49.4 Å². The molecule has 4 rings (SSSR count). The van der Waals surface area contributed by atoms with Crippen molar-refractivity contribution in [3.63, 3.8) is 0 Å². The Balaban J connectivity index is 1.40. The fourth-order valence-electron chi connectivity index (χ4n) is 4.36. The zero-order chi connectivity index (χ0) is 23.4. The van der Waals surface area contributed by atoms with Gasteiger partial charge < -0.3 is 19.4 Å². The Hall–Kier alpha value is -3.61. The standard InChI is InChI=1S/C26H28N2O5/c1-17-21-11-10-20(32-2)15-23(21)33-26(31)22(17)12-13-24(29)28-14-6-7-18(16-28)25(30)27-19-8-4-3-5-9-19/h3-5,8-11,15,18H,6-7,12-14,16H2,1-2H3,(H,27,30)/t18-/m0/s1. The van der Waals surface area contributed by atoms with Gasteiger partial charge in [-0.3, -0.25) is 9.59 Å². The summed E-state index contributed by atoms with van der Waals surface area (Å²) in [6.45, 7) is 2.89. The first-order chi connectivity index (χ1) is 16.0. The summed E-state index contributed by atoms with van der Waals surface area (Å²) in [6.07, 6.45) is 2.02. The average molecular weight is 449 g/mol. The first-order valence-corrected chi connectivity index (χ1v) is 11.2. The topological polar surface area (TPSA) is 88.9 Å². The zero-order valence-electron chi connectivity index (χ0n) is 18.9. The number of fused-ring (bicyclic) bond motifs is 1. The number of hydrogen-bond acceptors (Lipinski definition) is 5. The van der Waals surface area contributed by atoms with Gasteiger partial charge in [0.1, 0.15) is 11.3 Å². The van der Waals surface area contributed by atoms with Crippen molar-refractivity contribution in [2.75, 3.05) is 25.5 Å². The van der Waals surface area contributed by atoms with E-state index in [1.165, 1.54) is 0 Å². The number of nitrogens with one attached hydrogen (secondary N) is 1. The van der Waals surface area contributed by atoms with Crippen LogP contribution in [0, 0.1) is 12.8 Å². The smallest absolute Gasteiger partial charge is 0.339 e. The summed E-state index contributed by atoms with van der Waals surface area (Å²) in [5.74, 6) is 0.246. The lowest BCUT2D eigenvalue weighted by atomic mass is 9.96. The number of hydrogen-bond donors (Lipinski definition) is 1. The Morgan fingerprint density at radius 3 is 2.73 bits per heavy atom. The number of amides is 2. The van der Waals surface area contributed by atoms with Gasteiger partial charge in [0, 0.05) is 42.2 Å². The van der Waals surface area contributed by atoms with Crippen LogP contribution in [-0.4, -0.2) is 36.9 Å². The Labute approximate surface area is 192 Å². The Bertz CT molecular complexity index is 1220. The highest BCUT2D eigenvalue weighted by Gasteiger charge is 2.28. The van der Waals surface area contributed by atoms with E-state index in [1.54, 1.807) is 18.1 Å². The number of likely N-dealkylation sites (tertiary alicyclic amines) is 1. The molecule has 1 saturated heterocycles. The van der Waals surface area contributed by atoms with Gasteiger partial charge >= 0.3 is 5.63 Å². The quantitative estimate of drug-likeness (QED) is 0.578. The molecule has 172 valence electrons. The second-order valence-corrected chi connectivity index (χ2v) is 8.39. The maximum atomic E-state index is 12.9. The van der Waals surface area contributed by atoms with Gasteiger partial charge in [0.2, 0.25) is 11.8 Å². The van der Waals surface area contributed by atoms with Crippen LogP contribution in [0.1, 0.15) is 30.4 Å². The van der Waals surface area contributed by atoms with Crippen molar-refractivity contribution >= 4 is 28.5 Å². The van der Waals surface area contributed by atoms with Crippen LogP contribution in [0.4, 0.5) is 5.69 Å². The van der Waals surface area contributed by atoms with Crippen molar-refractivity contribution in [3.8, 4) is 5.75 Å². The summed E-state index contributed by atoms with van der Waals surface area (Å²) < 4.78 is 10.7. The number of ether oxygens (including phenoxy) is 1. The molecule has 1 aliphatic rings. The van der Waals surface area contributed by atoms with Gasteiger partial charge in [-0.1, -0.05) is 18.2 Å². The summed E-state index contributed by atoms with van der Waals surface area (Å²) in [5.41, 5.74) is 2.11. The van der Waals surface area contributed by atoms with E-state index >= 15 is 0 Å². The number of nitrogens with zero attached hydrogens (tertiary/aromatic N) is 1. The predicted molar refractivity (Wildman–Crippen MR) is 126 cm³/mol. The number of rotatable bonds is 6. The number of para-hydroxylation sites is 1. The van der Waals surface area contributed by atoms with Gasteiger partial charge in [0.05, 0.1) is 13.0 Å². The molecule has 0 unspecified atom stereocenters. The third kappa shape index (κ3) is 5.08. The molecule has 7 heteroatoms. The normalized spacial score (nSPS) is 15.9. The lowest BCUT2D eigenvalue weighted by Crippen LogP contribution is -2.43. The average Bonchev–Trinajstić information content (AvgIpc) is 2.84. The SMILES string of the molecule is COc1ccc2c(C)c(CCC(=O)N3CCC[C@H](C(=O)Nc4ccccc4)C3)c(=O)oc2c1. The maximum absolute atomic E-state index is 12.9. The molecule has 0 saturated carbocycles. The van der Waals surface area contributed by atoms with Gasteiger partial charge in [0.15, 0.2) is 0 Å². The van der Waals surface area contributed by atoms with E-state index in [0.29, 0.717) is 36.4 Å². The van der Waals surface area contributed by atoms with E-state index in [2.05, 4.69) is 5.32 Å². The van der Waals surface area contributed by atoms with E-state index in [9.17, 15) is 14.4 Å². The van der Waals surface area contributed by atoms with Crippen LogP contribution in [0.2, 0.25) is 0 Å². The minimum Gasteiger partial charge on any atom is -0.497 e. The molecule has 0 aliphatic carbocycles. The fraction of sp³-hybridized carbons (Fsp3) is 0.346. The summed E-state index contributed by atoms with van der Waals surface area (Å²) in [5, 5.41) is 3.76. The zero-order valence-corrected chi connectivity index (χ0v) is 18.9.